The van der Waals surface area contributed by atoms with Gasteiger partial charge < -0.3 is 5.32 Å². The number of amides is 3. The summed E-state index contributed by atoms with van der Waals surface area (Å²) in [5.74, 6) is -0.312. The smallest absolute Gasteiger partial charge is 0.321 e. The first kappa shape index (κ1) is 17.7. The fraction of sp³-hybridized carbons (Fsp3) is 0.263. The van der Waals surface area contributed by atoms with Gasteiger partial charge in [0.1, 0.15) is 0 Å². The largest absolute Gasteiger partial charge is 0.338 e. The van der Waals surface area contributed by atoms with E-state index in [2.05, 4.69) is 10.6 Å². The predicted octanol–water partition coefficient (Wildman–Crippen LogP) is 2.53. The summed E-state index contributed by atoms with van der Waals surface area (Å²) in [5.41, 5.74) is 2.25. The van der Waals surface area contributed by atoms with Gasteiger partial charge in [-0.3, -0.25) is 15.0 Å². The molecule has 3 amide bonds. The minimum absolute atomic E-state index is 0.154. The monoisotopic (exact) mass is 325 g/mol. The number of hydrogen-bond acceptors (Lipinski definition) is 3. The van der Waals surface area contributed by atoms with Crippen molar-refractivity contribution in [2.24, 2.45) is 0 Å². The summed E-state index contributed by atoms with van der Waals surface area (Å²) in [6.45, 7) is 3.72. The van der Waals surface area contributed by atoms with E-state index in [-0.39, 0.29) is 12.5 Å². The van der Waals surface area contributed by atoms with Crippen molar-refractivity contribution in [3.63, 3.8) is 0 Å². The van der Waals surface area contributed by atoms with E-state index in [0.717, 1.165) is 11.1 Å². The highest BCUT2D eigenvalue weighted by Crippen LogP contribution is 2.09. The van der Waals surface area contributed by atoms with Crippen molar-refractivity contribution < 1.29 is 9.59 Å². The molecule has 0 fully saturated rings. The van der Waals surface area contributed by atoms with Crippen LogP contribution in [-0.2, 0) is 17.9 Å². The minimum atomic E-state index is -0.457. The molecule has 0 saturated carbocycles. The first-order valence-electron chi connectivity index (χ1n) is 8.05. The number of carbonyl (C=O) groups excluding carboxylic acids is 2. The molecule has 24 heavy (non-hydrogen) atoms. The van der Waals surface area contributed by atoms with E-state index >= 15 is 0 Å². The molecule has 2 aromatic rings. The number of imide groups is 1. The Balaban J connectivity index is 2.01. The number of carbonyl (C=O) groups is 2. The van der Waals surface area contributed by atoms with E-state index in [1.165, 1.54) is 0 Å². The first-order valence-corrected chi connectivity index (χ1v) is 8.05. The van der Waals surface area contributed by atoms with Gasteiger partial charge in [-0.1, -0.05) is 60.7 Å². The van der Waals surface area contributed by atoms with Crippen LogP contribution in [0, 0.1) is 0 Å². The first-order chi connectivity index (χ1) is 11.7. The fourth-order valence-electron chi connectivity index (χ4n) is 2.42. The molecule has 0 bridgehead atoms. The number of hydrogen-bond donors (Lipinski definition) is 2. The van der Waals surface area contributed by atoms with E-state index in [1.54, 1.807) is 6.92 Å². The second-order valence-electron chi connectivity index (χ2n) is 5.52. The number of rotatable bonds is 7. The topological polar surface area (TPSA) is 61.4 Å². The maximum atomic E-state index is 12.1. The van der Waals surface area contributed by atoms with Crippen LogP contribution in [0.15, 0.2) is 60.7 Å². The highest BCUT2D eigenvalue weighted by Gasteiger charge is 2.14. The third-order valence-electron chi connectivity index (χ3n) is 3.46. The van der Waals surface area contributed by atoms with Crippen LogP contribution >= 0.6 is 0 Å². The van der Waals surface area contributed by atoms with Gasteiger partial charge in [-0.25, -0.2) is 4.79 Å². The number of nitrogens with one attached hydrogen (secondary N) is 2. The second kappa shape index (κ2) is 9.47. The highest BCUT2D eigenvalue weighted by molar-refractivity contribution is 5.95. The molecule has 0 heterocycles. The summed E-state index contributed by atoms with van der Waals surface area (Å²) in [7, 11) is 0. The lowest BCUT2D eigenvalue weighted by atomic mass is 10.1. The van der Waals surface area contributed by atoms with Gasteiger partial charge in [-0.05, 0) is 18.1 Å². The molecule has 0 aromatic heterocycles. The Morgan fingerprint density at radius 2 is 1.38 bits per heavy atom. The van der Waals surface area contributed by atoms with Crippen molar-refractivity contribution in [1.82, 2.24) is 15.5 Å². The van der Waals surface area contributed by atoms with Gasteiger partial charge >= 0.3 is 6.03 Å². The fourth-order valence-corrected chi connectivity index (χ4v) is 2.42. The molecule has 2 rings (SSSR count). The molecule has 0 atom stereocenters. The Labute approximate surface area is 142 Å². The normalized spacial score (nSPS) is 10.4. The van der Waals surface area contributed by atoms with Gasteiger partial charge in [-0.2, -0.15) is 0 Å². The average molecular weight is 325 g/mol. The van der Waals surface area contributed by atoms with E-state index in [1.807, 2.05) is 65.6 Å². The lowest BCUT2D eigenvalue weighted by Gasteiger charge is -2.22. The van der Waals surface area contributed by atoms with Crippen molar-refractivity contribution in [1.29, 1.82) is 0 Å². The van der Waals surface area contributed by atoms with E-state index in [4.69, 9.17) is 0 Å². The van der Waals surface area contributed by atoms with Crippen LogP contribution in [0.25, 0.3) is 0 Å². The Bertz CT molecular complexity index is 603. The van der Waals surface area contributed by atoms with Crippen molar-refractivity contribution in [3.8, 4) is 0 Å². The van der Waals surface area contributed by atoms with Crippen LogP contribution in [0.4, 0.5) is 4.79 Å². The lowest BCUT2D eigenvalue weighted by molar-refractivity contribution is -0.121. The van der Waals surface area contributed by atoms with Gasteiger partial charge in [-0.15, -0.1) is 0 Å². The Morgan fingerprint density at radius 3 is 1.83 bits per heavy atom. The average Bonchev–Trinajstić information content (AvgIpc) is 2.56. The third kappa shape index (κ3) is 6.22. The van der Waals surface area contributed by atoms with Crippen LogP contribution in [0.1, 0.15) is 18.1 Å². The number of benzene rings is 2. The lowest BCUT2D eigenvalue weighted by Crippen LogP contribution is -2.44. The second-order valence-corrected chi connectivity index (χ2v) is 5.52. The zero-order valence-corrected chi connectivity index (χ0v) is 13.9. The molecule has 2 aromatic carbocycles. The van der Waals surface area contributed by atoms with Crippen molar-refractivity contribution >= 4 is 11.9 Å². The molecule has 0 spiro atoms. The maximum absolute atomic E-state index is 12.1. The Hall–Kier alpha value is -2.66. The van der Waals surface area contributed by atoms with Crippen molar-refractivity contribution in [2.75, 3.05) is 13.1 Å². The van der Waals surface area contributed by atoms with Gasteiger partial charge in [0.05, 0.1) is 6.54 Å². The molecule has 0 radical (unpaired) electrons. The summed E-state index contributed by atoms with van der Waals surface area (Å²) < 4.78 is 0. The van der Waals surface area contributed by atoms with Crippen LogP contribution in [0.3, 0.4) is 0 Å². The summed E-state index contributed by atoms with van der Waals surface area (Å²) >= 11 is 0. The minimum Gasteiger partial charge on any atom is -0.338 e. The van der Waals surface area contributed by atoms with Crippen molar-refractivity contribution in [2.45, 2.75) is 20.0 Å². The van der Waals surface area contributed by atoms with Crippen LogP contribution in [0.2, 0.25) is 0 Å². The Kier molecular flexibility index (Phi) is 6.98. The molecular weight excluding hydrogens is 302 g/mol. The molecule has 0 saturated heterocycles. The highest BCUT2D eigenvalue weighted by atomic mass is 16.2. The Morgan fingerprint density at radius 1 is 0.875 bits per heavy atom. The molecule has 0 unspecified atom stereocenters. The standard InChI is InChI=1S/C19H23N3O2/c1-2-20-19(24)21-18(23)15-22(13-16-9-5-3-6-10-16)14-17-11-7-4-8-12-17/h3-12H,2,13-15H2,1H3,(H2,20,21,23,24). The number of urea groups is 1. The molecule has 126 valence electrons. The van der Waals surface area contributed by atoms with Crippen molar-refractivity contribution in [3.05, 3.63) is 71.8 Å². The molecule has 2 N–H and O–H groups in total. The summed E-state index contributed by atoms with van der Waals surface area (Å²) in [6, 6.07) is 19.5. The zero-order chi connectivity index (χ0) is 17.2. The quantitative estimate of drug-likeness (QED) is 0.822. The summed E-state index contributed by atoms with van der Waals surface area (Å²) in [6.07, 6.45) is 0. The van der Waals surface area contributed by atoms with Crippen LogP contribution < -0.4 is 10.6 Å². The van der Waals surface area contributed by atoms with Gasteiger partial charge in [0.15, 0.2) is 0 Å². The molecule has 0 aliphatic rings. The van der Waals surface area contributed by atoms with Crippen LogP contribution in [-0.4, -0.2) is 29.9 Å². The molecule has 0 aliphatic carbocycles. The molecular formula is C19H23N3O2. The van der Waals surface area contributed by atoms with Gasteiger partial charge in [0, 0.05) is 19.6 Å². The predicted molar refractivity (Wildman–Crippen MR) is 94.2 cm³/mol. The van der Waals surface area contributed by atoms with Gasteiger partial charge in [0.2, 0.25) is 5.91 Å². The number of nitrogens with zero attached hydrogens (tertiary/aromatic N) is 1. The zero-order valence-electron chi connectivity index (χ0n) is 13.9. The van der Waals surface area contributed by atoms with E-state index in [9.17, 15) is 9.59 Å². The summed E-state index contributed by atoms with van der Waals surface area (Å²) in [5, 5.41) is 4.91. The molecule has 5 nitrogen and oxygen atoms in total. The van der Waals surface area contributed by atoms with Crippen LogP contribution in [0.5, 0.6) is 0 Å². The molecule has 0 aliphatic heterocycles. The SMILES string of the molecule is CCNC(=O)NC(=O)CN(Cc1ccccc1)Cc1ccccc1. The van der Waals surface area contributed by atoms with E-state index in [0.29, 0.717) is 19.6 Å². The van der Waals surface area contributed by atoms with Gasteiger partial charge in [0.25, 0.3) is 0 Å². The van der Waals surface area contributed by atoms with E-state index < -0.39 is 6.03 Å². The third-order valence-corrected chi connectivity index (χ3v) is 3.46. The maximum Gasteiger partial charge on any atom is 0.321 e. The summed E-state index contributed by atoms with van der Waals surface area (Å²) in [4.78, 5) is 25.6. The molecule has 5 heteroatoms.